The molecule has 3 rings (SSSR count). The van der Waals surface area contributed by atoms with Gasteiger partial charge in [-0.3, -0.25) is 4.79 Å². The SMILES string of the molecule is CCNC(=O)c1cccc(CNc2ncnc3nc(N)ccc23)c1. The van der Waals surface area contributed by atoms with Crippen LogP contribution in [0, 0.1) is 0 Å². The zero-order valence-electron chi connectivity index (χ0n) is 13.3. The molecular weight excluding hydrogens is 304 g/mol. The number of benzene rings is 1. The van der Waals surface area contributed by atoms with Gasteiger partial charge in [-0.1, -0.05) is 12.1 Å². The van der Waals surface area contributed by atoms with Crippen molar-refractivity contribution in [3.8, 4) is 0 Å². The molecule has 0 aliphatic carbocycles. The van der Waals surface area contributed by atoms with Gasteiger partial charge in [-0.25, -0.2) is 15.0 Å². The van der Waals surface area contributed by atoms with Gasteiger partial charge in [0, 0.05) is 18.7 Å². The molecule has 0 radical (unpaired) electrons. The molecule has 0 aliphatic rings. The number of rotatable bonds is 5. The van der Waals surface area contributed by atoms with E-state index in [0.29, 0.717) is 35.9 Å². The Morgan fingerprint density at radius 3 is 2.92 bits per heavy atom. The molecule has 0 bridgehead atoms. The standard InChI is InChI=1S/C17H18N6O/c1-2-19-17(24)12-5-3-4-11(8-12)9-20-15-13-6-7-14(18)23-16(13)22-10-21-15/h3-8,10H,2,9H2,1H3,(H,19,24)(H3,18,20,21,22,23). The van der Waals surface area contributed by atoms with Crippen LogP contribution in [0.5, 0.6) is 0 Å². The third-order valence-corrected chi connectivity index (χ3v) is 3.51. The van der Waals surface area contributed by atoms with E-state index in [1.54, 1.807) is 12.1 Å². The molecule has 2 heterocycles. The van der Waals surface area contributed by atoms with Crippen molar-refractivity contribution in [2.24, 2.45) is 0 Å². The Bertz CT molecular complexity index is 880. The molecule has 0 aliphatic heterocycles. The number of carbonyl (C=O) groups is 1. The van der Waals surface area contributed by atoms with Gasteiger partial charge in [-0.15, -0.1) is 0 Å². The molecule has 7 nitrogen and oxygen atoms in total. The van der Waals surface area contributed by atoms with E-state index in [4.69, 9.17) is 5.73 Å². The lowest BCUT2D eigenvalue weighted by molar-refractivity contribution is 0.0955. The first-order valence-corrected chi connectivity index (χ1v) is 7.65. The van der Waals surface area contributed by atoms with Crippen LogP contribution in [-0.4, -0.2) is 27.4 Å². The second kappa shape index (κ2) is 6.91. The highest BCUT2D eigenvalue weighted by Crippen LogP contribution is 2.19. The lowest BCUT2D eigenvalue weighted by Gasteiger charge is -2.09. The van der Waals surface area contributed by atoms with E-state index in [2.05, 4.69) is 25.6 Å². The maximum atomic E-state index is 11.9. The van der Waals surface area contributed by atoms with E-state index >= 15 is 0 Å². The first-order chi connectivity index (χ1) is 11.7. The molecule has 0 saturated heterocycles. The van der Waals surface area contributed by atoms with Crippen LogP contribution < -0.4 is 16.4 Å². The van der Waals surface area contributed by atoms with Crippen LogP contribution in [0.2, 0.25) is 0 Å². The third kappa shape index (κ3) is 3.40. The van der Waals surface area contributed by atoms with Crippen molar-refractivity contribution in [2.45, 2.75) is 13.5 Å². The van der Waals surface area contributed by atoms with E-state index in [1.807, 2.05) is 31.2 Å². The van der Waals surface area contributed by atoms with Gasteiger partial charge in [0.1, 0.15) is 18.0 Å². The monoisotopic (exact) mass is 322 g/mol. The number of nitrogens with zero attached hydrogens (tertiary/aromatic N) is 3. The van der Waals surface area contributed by atoms with E-state index in [1.165, 1.54) is 6.33 Å². The second-order valence-corrected chi connectivity index (χ2v) is 5.24. The molecule has 24 heavy (non-hydrogen) atoms. The van der Waals surface area contributed by atoms with E-state index < -0.39 is 0 Å². The lowest BCUT2D eigenvalue weighted by Crippen LogP contribution is -2.22. The Labute approximate surface area is 139 Å². The van der Waals surface area contributed by atoms with E-state index in [-0.39, 0.29) is 5.91 Å². The number of fused-ring (bicyclic) bond motifs is 1. The van der Waals surface area contributed by atoms with Crippen molar-refractivity contribution in [1.82, 2.24) is 20.3 Å². The lowest BCUT2D eigenvalue weighted by atomic mass is 10.1. The van der Waals surface area contributed by atoms with Gasteiger partial charge < -0.3 is 16.4 Å². The summed E-state index contributed by atoms with van der Waals surface area (Å²) in [6, 6.07) is 11.0. The summed E-state index contributed by atoms with van der Waals surface area (Å²) < 4.78 is 0. The molecule has 1 aromatic carbocycles. The smallest absolute Gasteiger partial charge is 0.251 e. The van der Waals surface area contributed by atoms with Gasteiger partial charge >= 0.3 is 0 Å². The van der Waals surface area contributed by atoms with Gasteiger partial charge in [-0.05, 0) is 36.8 Å². The molecule has 7 heteroatoms. The normalized spacial score (nSPS) is 10.5. The minimum absolute atomic E-state index is 0.0773. The molecule has 0 spiro atoms. The summed E-state index contributed by atoms with van der Waals surface area (Å²) >= 11 is 0. The number of aromatic nitrogens is 3. The number of carbonyl (C=O) groups excluding carboxylic acids is 1. The summed E-state index contributed by atoms with van der Waals surface area (Å²) in [6.07, 6.45) is 1.45. The molecule has 0 unspecified atom stereocenters. The van der Waals surface area contributed by atoms with Gasteiger partial charge in [-0.2, -0.15) is 0 Å². The average Bonchev–Trinajstić information content (AvgIpc) is 2.60. The van der Waals surface area contributed by atoms with Crippen molar-refractivity contribution in [3.05, 3.63) is 53.9 Å². The Morgan fingerprint density at radius 2 is 2.08 bits per heavy atom. The molecule has 0 atom stereocenters. The molecule has 0 saturated carbocycles. The summed E-state index contributed by atoms with van der Waals surface area (Å²) in [6.45, 7) is 3.03. The second-order valence-electron chi connectivity index (χ2n) is 5.24. The maximum Gasteiger partial charge on any atom is 0.251 e. The number of anilines is 2. The largest absolute Gasteiger partial charge is 0.384 e. The highest BCUT2D eigenvalue weighted by atomic mass is 16.1. The first-order valence-electron chi connectivity index (χ1n) is 7.65. The fourth-order valence-corrected chi connectivity index (χ4v) is 2.37. The molecule has 0 fully saturated rings. The number of nitrogens with two attached hydrogens (primary N) is 1. The van der Waals surface area contributed by atoms with Gasteiger partial charge in [0.15, 0.2) is 5.65 Å². The van der Waals surface area contributed by atoms with Crippen molar-refractivity contribution in [2.75, 3.05) is 17.6 Å². The predicted molar refractivity (Wildman–Crippen MR) is 93.5 cm³/mol. The number of nitrogen functional groups attached to an aromatic ring is 1. The Hall–Kier alpha value is -3.22. The summed E-state index contributed by atoms with van der Waals surface area (Å²) in [4.78, 5) is 24.5. The van der Waals surface area contributed by atoms with Gasteiger partial charge in [0.25, 0.3) is 5.91 Å². The topological polar surface area (TPSA) is 106 Å². The summed E-state index contributed by atoms with van der Waals surface area (Å²) in [5, 5.41) is 6.85. The minimum Gasteiger partial charge on any atom is -0.384 e. The Kier molecular flexibility index (Phi) is 4.51. The van der Waals surface area contributed by atoms with Crippen molar-refractivity contribution >= 4 is 28.6 Å². The molecule has 3 aromatic rings. The molecule has 122 valence electrons. The number of pyridine rings is 1. The summed E-state index contributed by atoms with van der Waals surface area (Å²) in [5.41, 5.74) is 7.84. The Morgan fingerprint density at radius 1 is 1.21 bits per heavy atom. The fraction of sp³-hybridized carbons (Fsp3) is 0.176. The van der Waals surface area contributed by atoms with Crippen molar-refractivity contribution in [1.29, 1.82) is 0 Å². The van der Waals surface area contributed by atoms with Gasteiger partial charge in [0.05, 0.1) is 5.39 Å². The van der Waals surface area contributed by atoms with Gasteiger partial charge in [0.2, 0.25) is 0 Å². The first kappa shape index (κ1) is 15.7. The molecule has 4 N–H and O–H groups in total. The molecule has 1 amide bonds. The van der Waals surface area contributed by atoms with Crippen LogP contribution in [-0.2, 0) is 6.54 Å². The van der Waals surface area contributed by atoms with Crippen LogP contribution in [0.15, 0.2) is 42.7 Å². The zero-order valence-corrected chi connectivity index (χ0v) is 13.3. The minimum atomic E-state index is -0.0773. The zero-order chi connectivity index (χ0) is 16.9. The quantitative estimate of drug-likeness (QED) is 0.663. The highest BCUT2D eigenvalue weighted by molar-refractivity contribution is 5.94. The average molecular weight is 322 g/mol. The van der Waals surface area contributed by atoms with E-state index in [0.717, 1.165) is 10.9 Å². The highest BCUT2D eigenvalue weighted by Gasteiger charge is 2.07. The number of nitrogens with one attached hydrogen (secondary N) is 2. The third-order valence-electron chi connectivity index (χ3n) is 3.51. The van der Waals surface area contributed by atoms with Crippen LogP contribution in [0.3, 0.4) is 0 Å². The number of hydrogen-bond donors (Lipinski definition) is 3. The van der Waals surface area contributed by atoms with Crippen LogP contribution in [0.4, 0.5) is 11.6 Å². The fourth-order valence-electron chi connectivity index (χ4n) is 2.37. The van der Waals surface area contributed by atoms with Crippen molar-refractivity contribution in [3.63, 3.8) is 0 Å². The van der Waals surface area contributed by atoms with Crippen molar-refractivity contribution < 1.29 is 4.79 Å². The molecule has 2 aromatic heterocycles. The summed E-state index contributed by atoms with van der Waals surface area (Å²) in [7, 11) is 0. The van der Waals surface area contributed by atoms with E-state index in [9.17, 15) is 4.79 Å². The summed E-state index contributed by atoms with van der Waals surface area (Å²) in [5.74, 6) is 1.02. The molecular formula is C17H18N6O. The van der Waals surface area contributed by atoms with Crippen LogP contribution in [0.1, 0.15) is 22.8 Å². The number of hydrogen-bond acceptors (Lipinski definition) is 6. The number of amides is 1. The van der Waals surface area contributed by atoms with Crippen LogP contribution >= 0.6 is 0 Å². The predicted octanol–water partition coefficient (Wildman–Crippen LogP) is 1.97. The Balaban J connectivity index is 1.79. The van der Waals surface area contributed by atoms with Crippen LogP contribution in [0.25, 0.3) is 11.0 Å². The maximum absolute atomic E-state index is 11.9.